The molecule has 1 aromatic heterocycles. The van der Waals surface area contributed by atoms with Crippen LogP contribution in [0, 0.1) is 10.6 Å². The first-order chi connectivity index (χ1) is 8.08. The maximum Gasteiger partial charge on any atom is 0.197 e. The van der Waals surface area contributed by atoms with Crippen LogP contribution < -0.4 is 4.90 Å². The number of halogens is 1. The van der Waals surface area contributed by atoms with Crippen molar-refractivity contribution in [3.63, 3.8) is 0 Å². The number of hydrogen-bond acceptors (Lipinski definition) is 3. The molecule has 0 aliphatic heterocycles. The summed E-state index contributed by atoms with van der Waals surface area (Å²) in [6, 6.07) is 7.54. The third-order valence-corrected chi connectivity index (χ3v) is 2.65. The molecule has 5 heteroatoms. The fourth-order valence-corrected chi connectivity index (χ4v) is 1.67. The minimum Gasteiger partial charge on any atom is -0.378 e. The number of nitrogens with one attached hydrogen (secondary N) is 1. The van der Waals surface area contributed by atoms with Crippen molar-refractivity contribution in [2.24, 2.45) is 0 Å². The summed E-state index contributed by atoms with van der Waals surface area (Å²) in [6.45, 7) is 0. The SMILES string of the molecule is CN(C)c1ccc(-c2[nH]c(=S)ncc2F)cc1. The van der Waals surface area contributed by atoms with Crippen LogP contribution in [0.25, 0.3) is 11.3 Å². The fourth-order valence-electron chi connectivity index (χ4n) is 1.52. The van der Waals surface area contributed by atoms with E-state index in [4.69, 9.17) is 12.2 Å². The van der Waals surface area contributed by atoms with E-state index in [1.165, 1.54) is 0 Å². The normalized spacial score (nSPS) is 10.3. The van der Waals surface area contributed by atoms with E-state index in [0.717, 1.165) is 17.4 Å². The minimum absolute atomic E-state index is 0.276. The highest BCUT2D eigenvalue weighted by atomic mass is 32.1. The number of anilines is 1. The average Bonchev–Trinajstić information content (AvgIpc) is 2.32. The molecule has 2 aromatic rings. The first kappa shape index (κ1) is 11.7. The molecule has 17 heavy (non-hydrogen) atoms. The van der Waals surface area contributed by atoms with Crippen molar-refractivity contribution in [2.75, 3.05) is 19.0 Å². The topological polar surface area (TPSA) is 31.9 Å². The largest absolute Gasteiger partial charge is 0.378 e. The van der Waals surface area contributed by atoms with E-state index in [1.807, 2.05) is 43.3 Å². The van der Waals surface area contributed by atoms with Crippen LogP contribution in [0.15, 0.2) is 30.5 Å². The Hall–Kier alpha value is -1.75. The molecule has 0 fully saturated rings. The third kappa shape index (κ3) is 2.50. The van der Waals surface area contributed by atoms with Gasteiger partial charge in [-0.15, -0.1) is 0 Å². The number of H-pyrrole nitrogens is 1. The van der Waals surface area contributed by atoms with Crippen LogP contribution in [0.4, 0.5) is 10.1 Å². The molecule has 0 atom stereocenters. The Bertz CT molecular complexity index is 575. The third-order valence-electron chi connectivity index (χ3n) is 2.44. The summed E-state index contributed by atoms with van der Waals surface area (Å²) in [5, 5.41) is 0. The van der Waals surface area contributed by atoms with Crippen molar-refractivity contribution >= 4 is 17.9 Å². The van der Waals surface area contributed by atoms with Crippen molar-refractivity contribution in [1.82, 2.24) is 9.97 Å². The summed E-state index contributed by atoms with van der Waals surface area (Å²) in [7, 11) is 3.91. The molecule has 1 heterocycles. The van der Waals surface area contributed by atoms with E-state index in [-0.39, 0.29) is 4.77 Å². The highest BCUT2D eigenvalue weighted by Crippen LogP contribution is 2.22. The van der Waals surface area contributed by atoms with Crippen LogP contribution >= 0.6 is 12.2 Å². The van der Waals surface area contributed by atoms with Crippen molar-refractivity contribution < 1.29 is 4.39 Å². The quantitative estimate of drug-likeness (QED) is 0.830. The Morgan fingerprint density at radius 2 is 1.88 bits per heavy atom. The highest BCUT2D eigenvalue weighted by Gasteiger charge is 2.06. The van der Waals surface area contributed by atoms with Gasteiger partial charge < -0.3 is 9.88 Å². The zero-order chi connectivity index (χ0) is 12.4. The van der Waals surface area contributed by atoms with E-state index < -0.39 is 5.82 Å². The van der Waals surface area contributed by atoms with Crippen molar-refractivity contribution in [1.29, 1.82) is 0 Å². The number of hydrogen-bond donors (Lipinski definition) is 1. The number of aromatic amines is 1. The van der Waals surface area contributed by atoms with Crippen molar-refractivity contribution in [3.05, 3.63) is 41.1 Å². The van der Waals surface area contributed by atoms with Crippen LogP contribution in [0.5, 0.6) is 0 Å². The minimum atomic E-state index is -0.406. The lowest BCUT2D eigenvalue weighted by molar-refractivity contribution is 0.617. The molecule has 1 N–H and O–H groups in total. The van der Waals surface area contributed by atoms with E-state index in [9.17, 15) is 4.39 Å². The lowest BCUT2D eigenvalue weighted by atomic mass is 10.1. The molecule has 2 rings (SSSR count). The Morgan fingerprint density at radius 3 is 2.47 bits per heavy atom. The van der Waals surface area contributed by atoms with Gasteiger partial charge in [0.1, 0.15) is 0 Å². The van der Waals surface area contributed by atoms with Gasteiger partial charge in [-0.1, -0.05) is 12.1 Å². The zero-order valence-electron chi connectivity index (χ0n) is 9.57. The Labute approximate surface area is 104 Å². The molecular formula is C12H12FN3S. The second-order valence-corrected chi connectivity index (χ2v) is 4.24. The smallest absolute Gasteiger partial charge is 0.197 e. The van der Waals surface area contributed by atoms with Crippen LogP contribution in [0.3, 0.4) is 0 Å². The second kappa shape index (κ2) is 4.63. The summed E-state index contributed by atoms with van der Waals surface area (Å²) < 4.78 is 13.8. The Morgan fingerprint density at radius 1 is 1.24 bits per heavy atom. The standard InChI is InChI=1S/C12H12FN3S/c1-16(2)9-5-3-8(4-6-9)11-10(13)7-14-12(17)15-11/h3-7H,1-2H3,(H,14,15,17). The van der Waals surface area contributed by atoms with Gasteiger partial charge in [0, 0.05) is 25.3 Å². The summed E-state index contributed by atoms with van der Waals surface area (Å²) in [5.41, 5.74) is 2.18. The molecule has 0 saturated heterocycles. The average molecular weight is 249 g/mol. The van der Waals surface area contributed by atoms with Crippen LogP contribution in [-0.4, -0.2) is 24.1 Å². The van der Waals surface area contributed by atoms with Gasteiger partial charge >= 0.3 is 0 Å². The van der Waals surface area contributed by atoms with Gasteiger partial charge in [0.2, 0.25) is 0 Å². The van der Waals surface area contributed by atoms with Crippen molar-refractivity contribution in [3.8, 4) is 11.3 Å². The van der Waals surface area contributed by atoms with Gasteiger partial charge in [0.05, 0.1) is 11.9 Å². The molecule has 0 aliphatic rings. The van der Waals surface area contributed by atoms with Gasteiger partial charge in [0.15, 0.2) is 10.6 Å². The van der Waals surface area contributed by atoms with Crippen LogP contribution in [-0.2, 0) is 0 Å². The summed E-state index contributed by atoms with van der Waals surface area (Å²) in [5.74, 6) is -0.406. The maximum absolute atomic E-state index is 13.6. The lowest BCUT2D eigenvalue weighted by Crippen LogP contribution is -2.08. The summed E-state index contributed by atoms with van der Waals surface area (Å²) in [6.07, 6.45) is 1.13. The first-order valence-corrected chi connectivity index (χ1v) is 5.51. The molecule has 0 radical (unpaired) electrons. The maximum atomic E-state index is 13.6. The number of benzene rings is 1. The first-order valence-electron chi connectivity index (χ1n) is 5.10. The number of aromatic nitrogens is 2. The number of rotatable bonds is 2. The molecule has 0 saturated carbocycles. The zero-order valence-corrected chi connectivity index (χ0v) is 10.4. The molecule has 3 nitrogen and oxygen atoms in total. The fraction of sp³-hybridized carbons (Fsp3) is 0.167. The van der Waals surface area contributed by atoms with Gasteiger partial charge in [-0.2, -0.15) is 0 Å². The Kier molecular flexibility index (Phi) is 3.19. The predicted molar refractivity (Wildman–Crippen MR) is 69.1 cm³/mol. The molecule has 0 aliphatic carbocycles. The monoisotopic (exact) mass is 249 g/mol. The molecule has 0 amide bonds. The molecule has 0 bridgehead atoms. The van der Waals surface area contributed by atoms with Gasteiger partial charge in [-0.3, -0.25) is 0 Å². The molecule has 0 spiro atoms. The van der Waals surface area contributed by atoms with E-state index in [2.05, 4.69) is 9.97 Å². The summed E-state index contributed by atoms with van der Waals surface area (Å²) in [4.78, 5) is 8.42. The molecule has 1 aromatic carbocycles. The molecule has 0 unspecified atom stereocenters. The van der Waals surface area contributed by atoms with E-state index in [1.54, 1.807) is 0 Å². The molecule has 88 valence electrons. The van der Waals surface area contributed by atoms with Crippen LogP contribution in [0.1, 0.15) is 0 Å². The second-order valence-electron chi connectivity index (χ2n) is 3.85. The lowest BCUT2D eigenvalue weighted by Gasteiger charge is -2.12. The van der Waals surface area contributed by atoms with Gasteiger partial charge in [0.25, 0.3) is 0 Å². The van der Waals surface area contributed by atoms with Crippen LogP contribution in [0.2, 0.25) is 0 Å². The van der Waals surface area contributed by atoms with E-state index in [0.29, 0.717) is 5.69 Å². The highest BCUT2D eigenvalue weighted by molar-refractivity contribution is 7.71. The van der Waals surface area contributed by atoms with Gasteiger partial charge in [-0.25, -0.2) is 9.37 Å². The van der Waals surface area contributed by atoms with Crippen molar-refractivity contribution in [2.45, 2.75) is 0 Å². The van der Waals surface area contributed by atoms with E-state index >= 15 is 0 Å². The molecular weight excluding hydrogens is 237 g/mol. The summed E-state index contributed by atoms with van der Waals surface area (Å²) >= 11 is 4.88. The Balaban J connectivity index is 2.46. The predicted octanol–water partition coefficient (Wildman–Crippen LogP) is 3.01. The van der Waals surface area contributed by atoms with Gasteiger partial charge in [-0.05, 0) is 24.4 Å². The number of nitrogens with zero attached hydrogens (tertiary/aromatic N) is 2.